The van der Waals surface area contributed by atoms with Crippen LogP contribution < -0.4 is 20.3 Å². The van der Waals surface area contributed by atoms with Gasteiger partial charge in [-0.2, -0.15) is 4.98 Å². The van der Waals surface area contributed by atoms with Crippen LogP contribution in [0.1, 0.15) is 38.7 Å². The van der Waals surface area contributed by atoms with Gasteiger partial charge in [0.2, 0.25) is 5.95 Å². The Kier molecular flexibility index (Phi) is 8.96. The predicted molar refractivity (Wildman–Crippen MR) is 155 cm³/mol. The second-order valence-corrected chi connectivity index (χ2v) is 9.84. The maximum atomic E-state index is 5.97. The van der Waals surface area contributed by atoms with Gasteiger partial charge in [0.15, 0.2) is 0 Å². The summed E-state index contributed by atoms with van der Waals surface area (Å²) in [5, 5.41) is 8.36. The van der Waals surface area contributed by atoms with E-state index < -0.39 is 0 Å². The Balaban J connectivity index is 0.00000320. The smallest absolute Gasteiger partial charge is 0.225 e. The Hall–Kier alpha value is -3.64. The van der Waals surface area contributed by atoms with E-state index in [1.54, 1.807) is 0 Å². The molecule has 37 heavy (non-hydrogen) atoms. The molecule has 0 bridgehead atoms. The highest BCUT2D eigenvalue weighted by Gasteiger charge is 2.22. The molecule has 0 spiro atoms. The van der Waals surface area contributed by atoms with Crippen LogP contribution in [0.25, 0.3) is 10.9 Å². The van der Waals surface area contributed by atoms with E-state index in [0.29, 0.717) is 12.0 Å². The number of fused-ring (bicyclic) bond motifs is 1. The fraction of sp³-hybridized carbons (Fsp3) is 0.355. The Labute approximate surface area is 221 Å². The van der Waals surface area contributed by atoms with Gasteiger partial charge in [0, 0.05) is 32.1 Å². The van der Waals surface area contributed by atoms with Crippen molar-refractivity contribution in [2.75, 3.05) is 30.9 Å². The first-order chi connectivity index (χ1) is 17.6. The van der Waals surface area contributed by atoms with Crippen LogP contribution in [0.2, 0.25) is 0 Å². The van der Waals surface area contributed by atoms with Crippen molar-refractivity contribution >= 4 is 22.7 Å². The summed E-state index contributed by atoms with van der Waals surface area (Å²) in [6.45, 7) is 1.89. The van der Waals surface area contributed by atoms with Crippen LogP contribution in [0, 0.1) is 5.92 Å². The Bertz CT molecular complexity index is 1270. The van der Waals surface area contributed by atoms with Gasteiger partial charge < -0.3 is 20.3 Å². The van der Waals surface area contributed by atoms with Gasteiger partial charge in [0.25, 0.3) is 0 Å². The molecular weight excluding hydrogens is 458 g/mol. The lowest BCUT2D eigenvalue weighted by Gasteiger charge is -2.29. The first-order valence-corrected chi connectivity index (χ1v) is 12.9. The fourth-order valence-electron chi connectivity index (χ4n) is 4.92. The van der Waals surface area contributed by atoms with Crippen LogP contribution in [0.3, 0.4) is 0 Å². The molecule has 6 nitrogen and oxygen atoms in total. The number of nitrogens with zero attached hydrogens (tertiary/aromatic N) is 3. The molecule has 0 atom stereocenters. The average Bonchev–Trinajstić information content (AvgIpc) is 2.90. The van der Waals surface area contributed by atoms with E-state index in [9.17, 15) is 0 Å². The van der Waals surface area contributed by atoms with Crippen molar-refractivity contribution in [2.45, 2.75) is 45.7 Å². The monoisotopic (exact) mass is 497 g/mol. The van der Waals surface area contributed by atoms with Crippen molar-refractivity contribution < 1.29 is 4.74 Å². The highest BCUT2D eigenvalue weighted by atomic mass is 16.5. The molecule has 1 fully saturated rings. The van der Waals surface area contributed by atoms with Gasteiger partial charge in [-0.05, 0) is 80.1 Å². The highest BCUT2D eigenvalue weighted by Crippen LogP contribution is 2.28. The van der Waals surface area contributed by atoms with Crippen LogP contribution >= 0.6 is 0 Å². The van der Waals surface area contributed by atoms with Gasteiger partial charge in [-0.3, -0.25) is 0 Å². The zero-order valence-electron chi connectivity index (χ0n) is 21.2. The van der Waals surface area contributed by atoms with Gasteiger partial charge in [-0.1, -0.05) is 49.9 Å². The van der Waals surface area contributed by atoms with Crippen LogP contribution in [0.15, 0.2) is 78.9 Å². The number of anilines is 2. The third kappa shape index (κ3) is 6.98. The number of aromatic nitrogens is 2. The minimum atomic E-state index is 0. The van der Waals surface area contributed by atoms with Gasteiger partial charge in [-0.15, -0.1) is 0 Å². The van der Waals surface area contributed by atoms with Gasteiger partial charge in [0.1, 0.15) is 17.3 Å². The normalized spacial score (nSPS) is 17.1. The molecule has 1 aromatic heterocycles. The van der Waals surface area contributed by atoms with Crippen molar-refractivity contribution in [1.29, 1.82) is 0 Å². The van der Waals surface area contributed by atoms with E-state index in [2.05, 4.69) is 45.9 Å². The van der Waals surface area contributed by atoms with Crippen molar-refractivity contribution in [3.05, 3.63) is 84.4 Å². The lowest BCUT2D eigenvalue weighted by molar-refractivity contribution is 0.323. The summed E-state index contributed by atoms with van der Waals surface area (Å²) in [6, 6.07) is 26.9. The maximum absolute atomic E-state index is 5.97. The van der Waals surface area contributed by atoms with Crippen LogP contribution in [-0.2, 0) is 6.54 Å². The molecule has 0 radical (unpaired) electrons. The molecule has 0 unspecified atom stereocenters. The number of benzene rings is 3. The molecule has 1 aliphatic rings. The van der Waals surface area contributed by atoms with E-state index in [1.165, 1.54) is 18.4 Å². The van der Waals surface area contributed by atoms with Gasteiger partial charge in [0.05, 0.1) is 5.52 Å². The topological polar surface area (TPSA) is 62.3 Å². The Morgan fingerprint density at radius 2 is 1.57 bits per heavy atom. The molecule has 0 saturated heterocycles. The summed E-state index contributed by atoms with van der Waals surface area (Å²) in [5.74, 6) is 4.12. The van der Waals surface area contributed by atoms with Crippen LogP contribution in [-0.4, -0.2) is 36.6 Å². The Morgan fingerprint density at radius 3 is 2.35 bits per heavy atom. The van der Waals surface area contributed by atoms with E-state index in [4.69, 9.17) is 14.7 Å². The molecule has 3 aromatic carbocycles. The predicted octanol–water partition coefficient (Wildman–Crippen LogP) is 6.88. The summed E-state index contributed by atoms with van der Waals surface area (Å²) < 4.78 is 5.97. The fourth-order valence-corrected chi connectivity index (χ4v) is 4.92. The largest absolute Gasteiger partial charge is 0.457 e. The third-order valence-corrected chi connectivity index (χ3v) is 6.83. The zero-order chi connectivity index (χ0) is 24.7. The molecular formula is C31H39N5O. The SMILES string of the molecule is C.CN(C)c1nc(NC2CCC(CNCc3cccc(Oc4ccccc4)c3)CC2)nc2ccccc12. The number of rotatable bonds is 9. The van der Waals surface area contributed by atoms with Crippen LogP contribution in [0.5, 0.6) is 11.5 Å². The number of para-hydroxylation sites is 2. The molecule has 5 rings (SSSR count). The molecule has 194 valence electrons. The van der Waals surface area contributed by atoms with Crippen LogP contribution in [0.4, 0.5) is 11.8 Å². The summed E-state index contributed by atoms with van der Waals surface area (Å²) in [5.41, 5.74) is 2.22. The molecule has 0 aliphatic heterocycles. The standard InChI is InChI=1S/C30H35N5O.CH4/c1-35(2)29-27-13-6-7-14-28(27)33-30(34-29)32-24-17-15-22(16-18-24)20-31-21-23-9-8-12-26(19-23)36-25-10-4-3-5-11-25;/h3-14,19,22,24,31H,15-18,20-21H2,1-2H3,(H,32,33,34);1H4. The molecule has 4 aromatic rings. The second kappa shape index (κ2) is 12.5. The molecule has 0 amide bonds. The first-order valence-electron chi connectivity index (χ1n) is 12.9. The van der Waals surface area contributed by atoms with Gasteiger partial charge in [-0.25, -0.2) is 4.98 Å². The summed E-state index contributed by atoms with van der Waals surface area (Å²) in [6.07, 6.45) is 4.69. The minimum Gasteiger partial charge on any atom is -0.457 e. The quantitative estimate of drug-likeness (QED) is 0.263. The maximum Gasteiger partial charge on any atom is 0.225 e. The number of hydrogen-bond acceptors (Lipinski definition) is 6. The van der Waals surface area contributed by atoms with Crippen molar-refractivity contribution in [2.24, 2.45) is 5.92 Å². The molecule has 1 heterocycles. The summed E-state index contributed by atoms with van der Waals surface area (Å²) >= 11 is 0. The highest BCUT2D eigenvalue weighted by molar-refractivity contribution is 5.90. The molecule has 2 N–H and O–H groups in total. The van der Waals surface area contributed by atoms with E-state index in [0.717, 1.165) is 60.1 Å². The van der Waals surface area contributed by atoms with Crippen molar-refractivity contribution in [3.63, 3.8) is 0 Å². The number of ether oxygens (including phenoxy) is 1. The summed E-state index contributed by atoms with van der Waals surface area (Å²) in [4.78, 5) is 11.6. The Morgan fingerprint density at radius 1 is 0.838 bits per heavy atom. The van der Waals surface area contributed by atoms with Crippen molar-refractivity contribution in [1.82, 2.24) is 15.3 Å². The number of nitrogens with one attached hydrogen (secondary N) is 2. The van der Waals surface area contributed by atoms with E-state index in [1.807, 2.05) is 62.6 Å². The summed E-state index contributed by atoms with van der Waals surface area (Å²) in [7, 11) is 4.06. The van der Waals surface area contributed by atoms with E-state index in [-0.39, 0.29) is 7.43 Å². The molecule has 6 heteroatoms. The molecule has 1 aliphatic carbocycles. The minimum absolute atomic E-state index is 0. The second-order valence-electron chi connectivity index (χ2n) is 9.84. The van der Waals surface area contributed by atoms with E-state index >= 15 is 0 Å². The number of hydrogen-bond donors (Lipinski definition) is 2. The zero-order valence-corrected chi connectivity index (χ0v) is 21.2. The van der Waals surface area contributed by atoms with Gasteiger partial charge >= 0.3 is 0 Å². The molecule has 1 saturated carbocycles. The average molecular weight is 498 g/mol. The lowest BCUT2D eigenvalue weighted by Crippen LogP contribution is -2.31. The third-order valence-electron chi connectivity index (χ3n) is 6.83. The van der Waals surface area contributed by atoms with Crippen molar-refractivity contribution in [3.8, 4) is 11.5 Å². The first kappa shape index (κ1) is 26.4. The lowest BCUT2D eigenvalue weighted by atomic mass is 9.86.